The number of thioether (sulfide) groups is 1. The van der Waals surface area contributed by atoms with Crippen LogP contribution in [0.5, 0.6) is 0 Å². The quantitative estimate of drug-likeness (QED) is 0.790. The second-order valence-electron chi connectivity index (χ2n) is 5.36. The lowest BCUT2D eigenvalue weighted by atomic mass is 10.1. The van der Waals surface area contributed by atoms with Crippen LogP contribution in [-0.2, 0) is 4.79 Å². The van der Waals surface area contributed by atoms with E-state index in [1.807, 2.05) is 6.92 Å². The Bertz CT molecular complexity index is 920. The first-order valence-corrected chi connectivity index (χ1v) is 8.51. The van der Waals surface area contributed by atoms with E-state index in [1.165, 1.54) is 6.07 Å². The molecule has 2 N–H and O–H groups in total. The molecule has 1 aliphatic heterocycles. The summed E-state index contributed by atoms with van der Waals surface area (Å²) >= 11 is 7.01. The highest BCUT2D eigenvalue weighted by atomic mass is 35.5. The van der Waals surface area contributed by atoms with Gasteiger partial charge in [-0.1, -0.05) is 29.8 Å². The van der Waals surface area contributed by atoms with Crippen molar-refractivity contribution in [2.24, 2.45) is 4.99 Å². The van der Waals surface area contributed by atoms with Crippen molar-refractivity contribution in [2.45, 2.75) is 6.92 Å². The lowest BCUT2D eigenvalue weighted by Gasteiger charge is -2.03. The Balaban J connectivity index is 1.90. The van der Waals surface area contributed by atoms with Crippen molar-refractivity contribution < 1.29 is 14.7 Å². The van der Waals surface area contributed by atoms with Gasteiger partial charge in [0.05, 0.1) is 16.2 Å². The van der Waals surface area contributed by atoms with Crippen LogP contribution in [0.2, 0.25) is 5.02 Å². The van der Waals surface area contributed by atoms with Gasteiger partial charge < -0.3 is 10.4 Å². The van der Waals surface area contributed by atoms with Crippen molar-refractivity contribution in [1.82, 2.24) is 5.32 Å². The summed E-state index contributed by atoms with van der Waals surface area (Å²) in [5.41, 5.74) is 2.12. The Labute approximate surface area is 153 Å². The number of carboxylic acids is 1. The number of amides is 1. The standard InChI is InChI=1S/C18H13ClN2O3S/c1-10-2-7-13(17(23)24)14(8-10)20-18-21-16(22)15(25-18)9-11-3-5-12(19)6-4-11/h2-9H,1H3,(H,23,24)(H,20,21,22)/b15-9-. The minimum Gasteiger partial charge on any atom is -0.478 e. The number of hydrogen-bond donors (Lipinski definition) is 2. The molecule has 1 fully saturated rings. The van der Waals surface area contributed by atoms with Crippen molar-refractivity contribution in [1.29, 1.82) is 0 Å². The van der Waals surface area contributed by atoms with E-state index in [9.17, 15) is 14.7 Å². The van der Waals surface area contributed by atoms with E-state index in [1.54, 1.807) is 42.5 Å². The van der Waals surface area contributed by atoms with Crippen molar-refractivity contribution in [3.8, 4) is 0 Å². The van der Waals surface area contributed by atoms with E-state index in [4.69, 9.17) is 11.6 Å². The van der Waals surface area contributed by atoms with Crippen molar-refractivity contribution in [3.05, 3.63) is 69.1 Å². The molecule has 3 rings (SSSR count). The number of carbonyl (C=O) groups is 2. The molecule has 5 nitrogen and oxygen atoms in total. The maximum atomic E-state index is 12.1. The number of halogens is 1. The fraction of sp³-hybridized carbons (Fsp3) is 0.0556. The molecule has 0 saturated carbocycles. The number of aryl methyl sites for hydroxylation is 1. The maximum Gasteiger partial charge on any atom is 0.337 e. The van der Waals surface area contributed by atoms with E-state index < -0.39 is 5.97 Å². The fourth-order valence-electron chi connectivity index (χ4n) is 2.22. The van der Waals surface area contributed by atoms with E-state index in [-0.39, 0.29) is 11.5 Å². The fourth-order valence-corrected chi connectivity index (χ4v) is 3.18. The van der Waals surface area contributed by atoms with Crippen LogP contribution < -0.4 is 5.32 Å². The van der Waals surface area contributed by atoms with Gasteiger partial charge in [0.2, 0.25) is 0 Å². The number of benzene rings is 2. The van der Waals surface area contributed by atoms with Gasteiger partial charge in [0.1, 0.15) is 0 Å². The third kappa shape index (κ3) is 4.10. The first-order valence-electron chi connectivity index (χ1n) is 7.31. The van der Waals surface area contributed by atoms with Crippen LogP contribution in [0.3, 0.4) is 0 Å². The molecule has 0 aromatic heterocycles. The molecule has 0 radical (unpaired) electrons. The summed E-state index contributed by atoms with van der Waals surface area (Å²) in [5.74, 6) is -1.34. The molecule has 7 heteroatoms. The summed E-state index contributed by atoms with van der Waals surface area (Å²) in [6.07, 6.45) is 1.73. The van der Waals surface area contributed by atoms with Crippen LogP contribution in [0.15, 0.2) is 52.4 Å². The minimum atomic E-state index is -1.06. The predicted octanol–water partition coefficient (Wildman–Crippen LogP) is 4.24. The zero-order chi connectivity index (χ0) is 18.0. The number of aromatic carboxylic acids is 1. The zero-order valence-electron chi connectivity index (χ0n) is 13.1. The molecule has 25 heavy (non-hydrogen) atoms. The molecule has 2 aromatic carbocycles. The van der Waals surface area contributed by atoms with E-state index >= 15 is 0 Å². The zero-order valence-corrected chi connectivity index (χ0v) is 14.7. The van der Waals surface area contributed by atoms with Gasteiger partial charge in [0.15, 0.2) is 5.17 Å². The third-order valence-electron chi connectivity index (χ3n) is 3.42. The first-order chi connectivity index (χ1) is 11.9. The van der Waals surface area contributed by atoms with Gasteiger partial charge in [-0.2, -0.15) is 0 Å². The summed E-state index contributed by atoms with van der Waals surface area (Å²) in [6.45, 7) is 1.85. The number of amidine groups is 1. The maximum absolute atomic E-state index is 12.1. The Kier molecular flexibility index (Phi) is 4.92. The first kappa shape index (κ1) is 17.3. The number of carboxylic acid groups (broad SMARTS) is 1. The molecule has 126 valence electrons. The molecule has 1 aliphatic rings. The highest BCUT2D eigenvalue weighted by Crippen LogP contribution is 2.30. The average Bonchev–Trinajstić information content (AvgIpc) is 2.89. The average molecular weight is 373 g/mol. The Morgan fingerprint density at radius 2 is 1.96 bits per heavy atom. The van der Waals surface area contributed by atoms with Crippen LogP contribution in [0.1, 0.15) is 21.5 Å². The second kappa shape index (κ2) is 7.13. The third-order valence-corrected chi connectivity index (χ3v) is 4.59. The Hall–Kier alpha value is -2.57. The molecule has 0 spiro atoms. The highest BCUT2D eigenvalue weighted by Gasteiger charge is 2.24. The van der Waals surface area contributed by atoms with Crippen LogP contribution in [-0.4, -0.2) is 22.2 Å². The number of aliphatic imine (C=N–C) groups is 1. The van der Waals surface area contributed by atoms with Crippen molar-refractivity contribution in [3.63, 3.8) is 0 Å². The van der Waals surface area contributed by atoms with E-state index in [2.05, 4.69) is 10.3 Å². The smallest absolute Gasteiger partial charge is 0.337 e. The predicted molar refractivity (Wildman–Crippen MR) is 100 cm³/mol. The molecule has 1 heterocycles. The number of hydrogen-bond acceptors (Lipinski definition) is 4. The molecule has 0 aliphatic carbocycles. The normalized spacial score (nSPS) is 17.1. The molecule has 1 saturated heterocycles. The number of carbonyl (C=O) groups excluding carboxylic acids is 1. The molecule has 0 atom stereocenters. The summed E-state index contributed by atoms with van der Waals surface area (Å²) < 4.78 is 0. The van der Waals surface area contributed by atoms with Crippen LogP contribution in [0.25, 0.3) is 6.08 Å². The van der Waals surface area contributed by atoms with Gasteiger partial charge >= 0.3 is 5.97 Å². The molecule has 2 aromatic rings. The summed E-state index contributed by atoms with van der Waals surface area (Å²) in [5, 5.41) is 12.9. The summed E-state index contributed by atoms with van der Waals surface area (Å²) in [6, 6.07) is 12.0. The van der Waals surface area contributed by atoms with Crippen LogP contribution >= 0.6 is 23.4 Å². The SMILES string of the molecule is Cc1ccc(C(=O)O)c(N=C2NC(=O)/C(=C/c3ccc(Cl)cc3)S2)c1. The molecule has 0 unspecified atom stereocenters. The number of rotatable bonds is 3. The van der Waals surface area contributed by atoms with Crippen LogP contribution in [0, 0.1) is 6.92 Å². The van der Waals surface area contributed by atoms with Gasteiger partial charge in [-0.05, 0) is 60.2 Å². The van der Waals surface area contributed by atoms with E-state index in [0.29, 0.717) is 20.8 Å². The van der Waals surface area contributed by atoms with Gasteiger partial charge in [-0.25, -0.2) is 9.79 Å². The monoisotopic (exact) mass is 372 g/mol. The summed E-state index contributed by atoms with van der Waals surface area (Å²) in [7, 11) is 0. The number of nitrogens with zero attached hydrogens (tertiary/aromatic N) is 1. The Morgan fingerprint density at radius 1 is 1.24 bits per heavy atom. The lowest BCUT2D eigenvalue weighted by molar-refractivity contribution is -0.115. The van der Waals surface area contributed by atoms with Crippen molar-refractivity contribution in [2.75, 3.05) is 0 Å². The van der Waals surface area contributed by atoms with Gasteiger partial charge in [-0.15, -0.1) is 0 Å². The molecule has 1 amide bonds. The van der Waals surface area contributed by atoms with Crippen molar-refractivity contribution >= 4 is 52.2 Å². The lowest BCUT2D eigenvalue weighted by Crippen LogP contribution is -2.19. The van der Waals surface area contributed by atoms with Crippen LogP contribution in [0.4, 0.5) is 5.69 Å². The van der Waals surface area contributed by atoms with E-state index in [0.717, 1.165) is 22.9 Å². The largest absolute Gasteiger partial charge is 0.478 e. The van der Waals surface area contributed by atoms with Gasteiger partial charge in [-0.3, -0.25) is 4.79 Å². The molecular formula is C18H13ClN2O3S. The topological polar surface area (TPSA) is 78.8 Å². The summed E-state index contributed by atoms with van der Waals surface area (Å²) in [4.78, 5) is 28.2. The molecular weight excluding hydrogens is 360 g/mol. The van der Waals surface area contributed by atoms with Gasteiger partial charge in [0, 0.05) is 5.02 Å². The van der Waals surface area contributed by atoms with Gasteiger partial charge in [0.25, 0.3) is 5.91 Å². The Morgan fingerprint density at radius 3 is 2.64 bits per heavy atom. The minimum absolute atomic E-state index is 0.0862. The second-order valence-corrected chi connectivity index (χ2v) is 6.83. The number of nitrogens with one attached hydrogen (secondary N) is 1. The highest BCUT2D eigenvalue weighted by molar-refractivity contribution is 8.18. The molecule has 0 bridgehead atoms.